The van der Waals surface area contributed by atoms with E-state index >= 15 is 0 Å². The first-order valence-electron chi connectivity index (χ1n) is 11.5. The van der Waals surface area contributed by atoms with Crippen LogP contribution in [0.15, 0.2) is 64.1 Å². The molecule has 1 amide bonds. The van der Waals surface area contributed by atoms with Gasteiger partial charge in [-0.05, 0) is 36.8 Å². The van der Waals surface area contributed by atoms with E-state index in [4.69, 9.17) is 9.26 Å². The highest BCUT2D eigenvalue weighted by molar-refractivity contribution is 6.10. The highest BCUT2D eigenvalue weighted by atomic mass is 16.5. The summed E-state index contributed by atoms with van der Waals surface area (Å²) in [6.07, 6.45) is 5.24. The summed E-state index contributed by atoms with van der Waals surface area (Å²) < 4.78 is 11.2. The Morgan fingerprint density at radius 3 is 2.68 bits per heavy atom. The zero-order valence-corrected chi connectivity index (χ0v) is 20.1. The number of methoxy groups -OCH3 is 1. The third-order valence-electron chi connectivity index (χ3n) is 6.38. The van der Waals surface area contributed by atoms with Crippen molar-refractivity contribution in [3.05, 3.63) is 82.2 Å². The Labute approximate surface area is 198 Å². The van der Waals surface area contributed by atoms with Gasteiger partial charge in [-0.15, -0.1) is 5.73 Å². The highest BCUT2D eigenvalue weighted by Gasteiger charge is 2.46. The smallest absolute Gasteiger partial charge is 0.279 e. The van der Waals surface area contributed by atoms with Gasteiger partial charge in [-0.1, -0.05) is 32.9 Å². The molecule has 2 aromatic heterocycles. The van der Waals surface area contributed by atoms with Crippen molar-refractivity contribution < 1.29 is 14.1 Å². The van der Waals surface area contributed by atoms with Crippen molar-refractivity contribution in [3.63, 3.8) is 0 Å². The number of rotatable bonds is 5. The van der Waals surface area contributed by atoms with Gasteiger partial charge >= 0.3 is 0 Å². The highest BCUT2D eigenvalue weighted by Crippen LogP contribution is 2.47. The topological polar surface area (TPSA) is 84.2 Å². The predicted octanol–water partition coefficient (Wildman–Crippen LogP) is 5.64. The van der Waals surface area contributed by atoms with E-state index in [-0.39, 0.29) is 17.4 Å². The van der Waals surface area contributed by atoms with Gasteiger partial charge in [0, 0.05) is 52.1 Å². The Morgan fingerprint density at radius 1 is 1.26 bits per heavy atom. The second-order valence-electron chi connectivity index (χ2n) is 9.58. The van der Waals surface area contributed by atoms with Crippen LogP contribution in [-0.2, 0) is 16.6 Å². The SMILES string of the molecule is CCc1cc(-c2ccc(N3C(=O)c4n[nH]c(C(C)(C)C)c4C3C3=C(OC)C=C=CC3)cc2)on1. The summed E-state index contributed by atoms with van der Waals surface area (Å²) in [4.78, 5) is 15.5. The number of anilines is 1. The van der Waals surface area contributed by atoms with Crippen molar-refractivity contribution in [1.82, 2.24) is 15.4 Å². The second-order valence-corrected chi connectivity index (χ2v) is 9.58. The van der Waals surface area contributed by atoms with Gasteiger partial charge in [0.15, 0.2) is 11.5 Å². The molecule has 1 atom stereocenters. The number of ether oxygens (including phenoxy) is 1. The maximum absolute atomic E-state index is 13.7. The summed E-state index contributed by atoms with van der Waals surface area (Å²) in [7, 11) is 1.65. The van der Waals surface area contributed by atoms with E-state index < -0.39 is 0 Å². The van der Waals surface area contributed by atoms with Crippen LogP contribution in [0, 0.1) is 0 Å². The molecule has 1 unspecified atom stereocenters. The summed E-state index contributed by atoms with van der Waals surface area (Å²) in [5.41, 5.74) is 8.85. The molecule has 0 spiro atoms. The lowest BCUT2D eigenvalue weighted by molar-refractivity contribution is 0.0988. The van der Waals surface area contributed by atoms with Crippen molar-refractivity contribution in [2.45, 2.75) is 52.0 Å². The lowest BCUT2D eigenvalue weighted by atomic mass is 9.84. The number of carbonyl (C=O) groups is 1. The van der Waals surface area contributed by atoms with Gasteiger partial charge in [0.2, 0.25) is 0 Å². The molecule has 1 aromatic carbocycles. The molecule has 1 aliphatic carbocycles. The number of nitrogens with one attached hydrogen (secondary N) is 1. The summed E-state index contributed by atoms with van der Waals surface area (Å²) in [5, 5.41) is 11.7. The second kappa shape index (κ2) is 8.19. The molecule has 5 rings (SSSR count). The lowest BCUT2D eigenvalue weighted by Crippen LogP contribution is -2.31. The fourth-order valence-corrected chi connectivity index (χ4v) is 4.64. The standard InChI is InChI=1S/C27H28N4O3/c1-6-17-15-21(34-30-17)16-11-13-18(14-12-16)31-24(19-9-7-8-10-20(19)33-5)22-23(26(31)32)28-29-25(22)27(2,3)4/h7,10-15,24H,6,9H2,1-5H3,(H,28,29). The number of aromatic amines is 1. The van der Waals surface area contributed by atoms with Crippen LogP contribution in [0.25, 0.3) is 11.3 Å². The number of aromatic nitrogens is 3. The van der Waals surface area contributed by atoms with E-state index in [1.165, 1.54) is 0 Å². The quantitative estimate of drug-likeness (QED) is 0.502. The fraction of sp³-hybridized carbons (Fsp3) is 0.333. The molecule has 7 heteroatoms. The number of aryl methyl sites for hydroxylation is 1. The molecular weight excluding hydrogens is 428 g/mol. The van der Waals surface area contributed by atoms with E-state index in [0.29, 0.717) is 17.9 Å². The summed E-state index contributed by atoms with van der Waals surface area (Å²) >= 11 is 0. The third kappa shape index (κ3) is 3.49. The molecule has 34 heavy (non-hydrogen) atoms. The van der Waals surface area contributed by atoms with E-state index in [0.717, 1.165) is 46.0 Å². The van der Waals surface area contributed by atoms with Crippen molar-refractivity contribution in [2.75, 3.05) is 12.0 Å². The van der Waals surface area contributed by atoms with Crippen LogP contribution >= 0.6 is 0 Å². The summed E-state index contributed by atoms with van der Waals surface area (Å²) in [6.45, 7) is 8.40. The number of hydrogen-bond donors (Lipinski definition) is 1. The zero-order chi connectivity index (χ0) is 24.0. The van der Waals surface area contributed by atoms with E-state index in [1.807, 2.05) is 54.3 Å². The minimum atomic E-state index is -0.331. The number of nitrogens with zero attached hydrogens (tertiary/aromatic N) is 3. The van der Waals surface area contributed by atoms with Crippen LogP contribution in [-0.4, -0.2) is 28.4 Å². The fourth-order valence-electron chi connectivity index (χ4n) is 4.64. The summed E-state index contributed by atoms with van der Waals surface area (Å²) in [5.74, 6) is 1.31. The van der Waals surface area contributed by atoms with Gasteiger partial charge in [-0.3, -0.25) is 14.8 Å². The average molecular weight is 457 g/mol. The van der Waals surface area contributed by atoms with Gasteiger partial charge in [-0.25, -0.2) is 0 Å². The number of benzene rings is 1. The first-order valence-corrected chi connectivity index (χ1v) is 11.5. The molecule has 0 radical (unpaired) electrons. The monoisotopic (exact) mass is 456 g/mol. The largest absolute Gasteiger partial charge is 0.496 e. The normalized spacial score (nSPS) is 17.6. The Hall–Kier alpha value is -3.83. The molecule has 1 N–H and O–H groups in total. The van der Waals surface area contributed by atoms with Gasteiger partial charge in [0.1, 0.15) is 5.76 Å². The number of allylic oxidation sites excluding steroid dienone is 1. The van der Waals surface area contributed by atoms with Crippen LogP contribution in [0.4, 0.5) is 5.69 Å². The van der Waals surface area contributed by atoms with Gasteiger partial charge < -0.3 is 9.26 Å². The molecule has 2 aliphatic rings. The van der Waals surface area contributed by atoms with Crippen LogP contribution in [0.5, 0.6) is 0 Å². The van der Waals surface area contributed by atoms with E-state index in [1.54, 1.807) is 7.11 Å². The minimum absolute atomic E-state index is 0.131. The van der Waals surface area contributed by atoms with Crippen molar-refractivity contribution in [1.29, 1.82) is 0 Å². The Morgan fingerprint density at radius 2 is 2.03 bits per heavy atom. The maximum Gasteiger partial charge on any atom is 0.279 e. The molecule has 3 aromatic rings. The number of H-pyrrole nitrogens is 1. The zero-order valence-electron chi connectivity index (χ0n) is 20.1. The third-order valence-corrected chi connectivity index (χ3v) is 6.38. The molecule has 3 heterocycles. The molecule has 0 saturated heterocycles. The van der Waals surface area contributed by atoms with Gasteiger partial charge in [-0.2, -0.15) is 5.10 Å². The molecule has 1 aliphatic heterocycles. The Balaban J connectivity index is 1.62. The molecule has 0 bridgehead atoms. The first kappa shape index (κ1) is 22.0. The summed E-state index contributed by atoms with van der Waals surface area (Å²) in [6, 6.07) is 9.42. The number of carbonyl (C=O) groups excluding carboxylic acids is 1. The average Bonchev–Trinajstić information content (AvgIpc) is 3.55. The van der Waals surface area contributed by atoms with E-state index in [9.17, 15) is 4.79 Å². The molecule has 0 saturated carbocycles. The number of fused-ring (bicyclic) bond motifs is 1. The Kier molecular flexibility index (Phi) is 5.29. The van der Waals surface area contributed by atoms with Crippen LogP contribution in [0.1, 0.15) is 67.6 Å². The van der Waals surface area contributed by atoms with Crippen molar-refractivity contribution in [3.8, 4) is 11.3 Å². The van der Waals surface area contributed by atoms with Crippen LogP contribution in [0.2, 0.25) is 0 Å². The predicted molar refractivity (Wildman–Crippen MR) is 129 cm³/mol. The van der Waals surface area contributed by atoms with Crippen molar-refractivity contribution >= 4 is 11.6 Å². The van der Waals surface area contributed by atoms with Gasteiger partial charge in [0.05, 0.1) is 18.8 Å². The van der Waals surface area contributed by atoms with Gasteiger partial charge in [0.25, 0.3) is 5.91 Å². The lowest BCUT2D eigenvalue weighted by Gasteiger charge is -2.31. The molecular formula is C27H28N4O3. The molecule has 7 nitrogen and oxygen atoms in total. The Bertz CT molecular complexity index is 1350. The molecule has 0 fully saturated rings. The maximum atomic E-state index is 13.7. The van der Waals surface area contributed by atoms with Crippen LogP contribution < -0.4 is 4.90 Å². The van der Waals surface area contributed by atoms with Crippen molar-refractivity contribution in [2.24, 2.45) is 0 Å². The van der Waals surface area contributed by atoms with E-state index in [2.05, 4.69) is 41.9 Å². The molecule has 174 valence electrons. The first-order chi connectivity index (χ1) is 16.3. The minimum Gasteiger partial charge on any atom is -0.496 e. The van der Waals surface area contributed by atoms with Crippen LogP contribution in [0.3, 0.4) is 0 Å². The number of hydrogen-bond acceptors (Lipinski definition) is 5. The number of amides is 1.